The molecule has 5 nitrogen and oxygen atoms in total. The van der Waals surface area contributed by atoms with E-state index in [-0.39, 0.29) is 22.9 Å². The predicted octanol–water partition coefficient (Wildman–Crippen LogP) is 5.88. The molecule has 1 unspecified atom stereocenters. The SMILES string of the molecule is Cc1ccc2c(c1)SC1=CC(OC(=O)c3ccccc3)=C3C(=O)c4ccccc4C(=O)C3C1=N2. The summed E-state index contributed by atoms with van der Waals surface area (Å²) in [6.45, 7) is 2.00. The van der Waals surface area contributed by atoms with Gasteiger partial charge in [0.1, 0.15) is 5.76 Å². The Bertz CT molecular complexity index is 1510. The van der Waals surface area contributed by atoms with Crippen molar-refractivity contribution in [3.8, 4) is 0 Å². The Kier molecular flexibility index (Phi) is 4.71. The van der Waals surface area contributed by atoms with Crippen molar-refractivity contribution in [1.29, 1.82) is 0 Å². The Morgan fingerprint density at radius 2 is 1.68 bits per heavy atom. The van der Waals surface area contributed by atoms with Crippen LogP contribution in [0.25, 0.3) is 0 Å². The number of thioether (sulfide) groups is 1. The lowest BCUT2D eigenvalue weighted by Crippen LogP contribution is -2.39. The first kappa shape index (κ1) is 20.6. The third-order valence-electron chi connectivity index (χ3n) is 6.07. The molecular weight excluding hydrogens is 446 g/mol. The van der Waals surface area contributed by atoms with Crippen LogP contribution in [-0.4, -0.2) is 23.2 Å². The molecule has 3 aromatic rings. The van der Waals surface area contributed by atoms with Crippen molar-refractivity contribution in [2.75, 3.05) is 0 Å². The van der Waals surface area contributed by atoms with Crippen LogP contribution in [0.1, 0.15) is 36.6 Å². The molecule has 0 bridgehead atoms. The number of fused-ring (bicyclic) bond motifs is 5. The number of aliphatic imine (C=N–C) groups is 1. The van der Waals surface area contributed by atoms with Gasteiger partial charge in [-0.1, -0.05) is 60.3 Å². The summed E-state index contributed by atoms with van der Waals surface area (Å²) in [6.07, 6.45) is 1.67. The third-order valence-corrected chi connectivity index (χ3v) is 7.17. The lowest BCUT2D eigenvalue weighted by Gasteiger charge is -2.33. The number of ketones is 2. The van der Waals surface area contributed by atoms with Crippen LogP contribution in [0.15, 0.2) is 105 Å². The smallest absolute Gasteiger partial charge is 0.343 e. The van der Waals surface area contributed by atoms with E-state index in [1.807, 2.05) is 25.1 Å². The molecule has 3 aromatic carbocycles. The van der Waals surface area contributed by atoms with Gasteiger partial charge >= 0.3 is 5.97 Å². The van der Waals surface area contributed by atoms with Crippen LogP contribution in [0.4, 0.5) is 5.69 Å². The molecule has 0 N–H and O–H groups in total. The summed E-state index contributed by atoms with van der Waals surface area (Å²) in [5, 5.41) is 0. The average molecular weight is 464 g/mol. The molecule has 0 fully saturated rings. The summed E-state index contributed by atoms with van der Waals surface area (Å²) in [4.78, 5) is 46.6. The van der Waals surface area contributed by atoms with Gasteiger partial charge in [-0.15, -0.1) is 0 Å². The van der Waals surface area contributed by atoms with E-state index in [0.29, 0.717) is 27.3 Å². The molecule has 0 saturated carbocycles. The molecular formula is C28H17NO4S. The molecule has 1 atom stereocenters. The summed E-state index contributed by atoms with van der Waals surface area (Å²) in [7, 11) is 0. The fraction of sp³-hybridized carbons (Fsp3) is 0.0714. The molecule has 1 heterocycles. The van der Waals surface area contributed by atoms with Crippen LogP contribution < -0.4 is 0 Å². The van der Waals surface area contributed by atoms with E-state index in [2.05, 4.69) is 0 Å². The number of Topliss-reactive ketones (excluding diaryl/α,β-unsaturated/α-hetero) is 2. The first-order valence-electron chi connectivity index (χ1n) is 10.8. The Labute approximate surface area is 199 Å². The highest BCUT2D eigenvalue weighted by molar-refractivity contribution is 8.04. The first-order chi connectivity index (χ1) is 16.5. The Balaban J connectivity index is 1.54. The predicted molar refractivity (Wildman–Crippen MR) is 130 cm³/mol. The number of allylic oxidation sites excluding steroid dienone is 3. The van der Waals surface area contributed by atoms with Crippen molar-refractivity contribution in [3.63, 3.8) is 0 Å². The average Bonchev–Trinajstić information content (AvgIpc) is 2.86. The zero-order chi connectivity index (χ0) is 23.4. The second-order valence-corrected chi connectivity index (χ2v) is 9.37. The maximum Gasteiger partial charge on any atom is 0.343 e. The maximum atomic E-state index is 13.7. The Morgan fingerprint density at radius 1 is 0.941 bits per heavy atom. The summed E-state index contributed by atoms with van der Waals surface area (Å²) < 4.78 is 5.76. The minimum Gasteiger partial charge on any atom is -0.422 e. The highest BCUT2D eigenvalue weighted by Crippen LogP contribution is 2.48. The quantitative estimate of drug-likeness (QED) is 0.444. The number of carbonyl (C=O) groups excluding carboxylic acids is 3. The third kappa shape index (κ3) is 3.18. The molecule has 164 valence electrons. The number of ether oxygens (including phenoxy) is 1. The highest BCUT2D eigenvalue weighted by atomic mass is 32.2. The fourth-order valence-electron chi connectivity index (χ4n) is 4.45. The normalized spacial score (nSPS) is 18.2. The minimum absolute atomic E-state index is 0.101. The molecule has 6 heteroatoms. The number of hydrogen-bond acceptors (Lipinski definition) is 6. The monoisotopic (exact) mass is 463 g/mol. The van der Waals surface area contributed by atoms with E-state index in [1.54, 1.807) is 60.7 Å². The van der Waals surface area contributed by atoms with E-state index in [1.165, 1.54) is 11.8 Å². The molecule has 0 spiro atoms. The van der Waals surface area contributed by atoms with Crippen molar-refractivity contribution >= 4 is 40.7 Å². The standard InChI is InChI=1S/C28H17NO4S/c1-15-11-12-19-21(13-15)34-22-14-20(33-28(32)16-7-3-2-4-8-16)23-24(25(22)29-19)27(31)18-10-6-5-9-17(18)26(23)30/h2-14,24H,1H3. The van der Waals surface area contributed by atoms with Crippen molar-refractivity contribution in [2.24, 2.45) is 10.9 Å². The van der Waals surface area contributed by atoms with Gasteiger partial charge in [-0.2, -0.15) is 0 Å². The number of esters is 1. The van der Waals surface area contributed by atoms with Crippen molar-refractivity contribution < 1.29 is 19.1 Å². The van der Waals surface area contributed by atoms with Crippen molar-refractivity contribution in [2.45, 2.75) is 11.8 Å². The molecule has 0 saturated heterocycles. The summed E-state index contributed by atoms with van der Waals surface area (Å²) >= 11 is 1.46. The lowest BCUT2D eigenvalue weighted by molar-refractivity contribution is 0.0627. The number of aryl methyl sites for hydroxylation is 1. The number of carbonyl (C=O) groups is 3. The van der Waals surface area contributed by atoms with Crippen LogP contribution in [0.3, 0.4) is 0 Å². The van der Waals surface area contributed by atoms with Crippen LogP contribution in [0.5, 0.6) is 0 Å². The summed E-state index contributed by atoms with van der Waals surface area (Å²) in [5.74, 6) is -1.96. The second-order valence-electron chi connectivity index (χ2n) is 8.28. The first-order valence-corrected chi connectivity index (χ1v) is 11.6. The molecule has 3 aliphatic rings. The van der Waals surface area contributed by atoms with Crippen LogP contribution in [0, 0.1) is 12.8 Å². The largest absolute Gasteiger partial charge is 0.422 e. The number of hydrogen-bond donors (Lipinski definition) is 0. The van der Waals surface area contributed by atoms with Crippen LogP contribution in [-0.2, 0) is 4.74 Å². The molecule has 34 heavy (non-hydrogen) atoms. The van der Waals surface area contributed by atoms with Gasteiger partial charge in [0.2, 0.25) is 0 Å². The van der Waals surface area contributed by atoms with Gasteiger partial charge in [0.05, 0.1) is 28.5 Å². The van der Waals surface area contributed by atoms with Gasteiger partial charge in [-0.3, -0.25) is 9.59 Å². The van der Waals surface area contributed by atoms with Gasteiger partial charge in [0.25, 0.3) is 0 Å². The van der Waals surface area contributed by atoms with Crippen molar-refractivity contribution in [3.05, 3.63) is 117 Å². The number of nitrogens with zero attached hydrogens (tertiary/aromatic N) is 1. The molecule has 6 rings (SSSR count). The van der Waals surface area contributed by atoms with Gasteiger partial charge in [0.15, 0.2) is 11.6 Å². The molecule has 0 amide bonds. The maximum absolute atomic E-state index is 13.7. The molecule has 1 aliphatic heterocycles. The van der Waals surface area contributed by atoms with Gasteiger partial charge in [-0.05, 0) is 42.8 Å². The van der Waals surface area contributed by atoms with E-state index in [9.17, 15) is 14.4 Å². The van der Waals surface area contributed by atoms with E-state index >= 15 is 0 Å². The van der Waals surface area contributed by atoms with Gasteiger partial charge in [0, 0.05) is 20.9 Å². The van der Waals surface area contributed by atoms with Gasteiger partial charge < -0.3 is 4.74 Å². The summed E-state index contributed by atoms with van der Waals surface area (Å²) in [6, 6.07) is 21.2. The van der Waals surface area contributed by atoms with E-state index in [0.717, 1.165) is 16.1 Å². The Morgan fingerprint density at radius 3 is 2.47 bits per heavy atom. The van der Waals surface area contributed by atoms with Gasteiger partial charge in [-0.25, -0.2) is 9.79 Å². The summed E-state index contributed by atoms with van der Waals surface area (Å²) in [5.41, 5.74) is 3.55. The number of rotatable bonds is 2. The minimum atomic E-state index is -0.928. The van der Waals surface area contributed by atoms with Crippen molar-refractivity contribution in [1.82, 2.24) is 0 Å². The van der Waals surface area contributed by atoms with Crippen LogP contribution >= 0.6 is 11.8 Å². The molecule has 0 aromatic heterocycles. The molecule has 2 aliphatic carbocycles. The lowest BCUT2D eigenvalue weighted by atomic mass is 9.73. The Hall–Kier alpha value is -4.03. The van der Waals surface area contributed by atoms with E-state index in [4.69, 9.17) is 9.73 Å². The topological polar surface area (TPSA) is 72.8 Å². The zero-order valence-corrected chi connectivity index (χ0v) is 18.9. The highest BCUT2D eigenvalue weighted by Gasteiger charge is 2.46. The number of benzene rings is 3. The fourth-order valence-corrected chi connectivity index (χ4v) is 5.58. The zero-order valence-electron chi connectivity index (χ0n) is 18.1. The van der Waals surface area contributed by atoms with E-state index < -0.39 is 11.9 Å². The van der Waals surface area contributed by atoms with Crippen LogP contribution in [0.2, 0.25) is 0 Å². The second kappa shape index (κ2) is 7.78. The molecule has 0 radical (unpaired) electrons.